The van der Waals surface area contributed by atoms with Crippen molar-refractivity contribution in [2.75, 3.05) is 0 Å². The van der Waals surface area contributed by atoms with Crippen LogP contribution in [0.5, 0.6) is 0 Å². The van der Waals surface area contributed by atoms with Gasteiger partial charge in [0.2, 0.25) is 0 Å². The Morgan fingerprint density at radius 3 is 2.12 bits per heavy atom. The Morgan fingerprint density at radius 2 is 1.75 bits per heavy atom. The summed E-state index contributed by atoms with van der Waals surface area (Å²) in [6.07, 6.45) is 0.833. The van der Waals surface area contributed by atoms with Gasteiger partial charge in [-0.1, -0.05) is 30.3 Å². The topological polar surface area (TPSA) is 17.1 Å². The molecular weight excluding hydrogens is 102 g/mol. The van der Waals surface area contributed by atoms with E-state index >= 15 is 0 Å². The second kappa shape index (κ2) is 2.26. The number of carbonyl (C=O) groups is 1. The van der Waals surface area contributed by atoms with Crippen molar-refractivity contribution in [1.82, 2.24) is 0 Å². The fourth-order valence-corrected chi connectivity index (χ4v) is 0.532. The van der Waals surface area contributed by atoms with Crippen molar-refractivity contribution in [3.63, 3.8) is 0 Å². The zero-order valence-corrected chi connectivity index (χ0v) is 4.37. The molecule has 0 aliphatic carbocycles. The molecule has 0 fully saturated rings. The molecular formula is C7H6O. The highest BCUT2D eigenvalue weighted by Crippen LogP contribution is 1.91. The van der Waals surface area contributed by atoms with Crippen LogP contribution in [0, 0.1) is 0 Å². The van der Waals surface area contributed by atoms with Gasteiger partial charge in [-0.3, -0.25) is 4.79 Å². The van der Waals surface area contributed by atoms with E-state index < -0.39 is 0 Å². The molecule has 0 aromatic heterocycles. The first-order valence-electron chi connectivity index (χ1n) is 2.44. The maximum Gasteiger partial charge on any atom is 0.150 e. The van der Waals surface area contributed by atoms with E-state index in [1.54, 1.807) is 12.1 Å². The molecule has 0 unspecified atom stereocenters. The Bertz CT molecular complexity index is 167. The molecule has 0 atom stereocenters. The SMILES string of the molecule is O=C[14c]1ccccc1. The third kappa shape index (κ3) is 0.936. The van der Waals surface area contributed by atoms with Crippen molar-refractivity contribution in [3.8, 4) is 0 Å². The highest BCUT2D eigenvalue weighted by Gasteiger charge is 1.79. The monoisotopic (exact) mass is 108 g/mol. The Kier molecular flexibility index (Phi) is 1.42. The summed E-state index contributed by atoms with van der Waals surface area (Å²) in [7, 11) is 0. The number of benzene rings is 1. The molecule has 0 radical (unpaired) electrons. The van der Waals surface area contributed by atoms with Crippen molar-refractivity contribution in [3.05, 3.63) is 35.9 Å². The third-order valence-corrected chi connectivity index (χ3v) is 0.936. The van der Waals surface area contributed by atoms with Crippen molar-refractivity contribution in [1.29, 1.82) is 0 Å². The molecule has 1 aromatic rings. The third-order valence-electron chi connectivity index (χ3n) is 0.936. The van der Waals surface area contributed by atoms with Crippen LogP contribution < -0.4 is 0 Å². The maximum atomic E-state index is 10.0. The fourth-order valence-electron chi connectivity index (χ4n) is 0.532. The molecule has 0 saturated carbocycles. The normalized spacial score (nSPS) is 8.50. The summed E-state index contributed by atoms with van der Waals surface area (Å²) >= 11 is 0. The van der Waals surface area contributed by atoms with Gasteiger partial charge in [-0.25, -0.2) is 0 Å². The van der Waals surface area contributed by atoms with Crippen LogP contribution in [0.25, 0.3) is 0 Å². The van der Waals surface area contributed by atoms with Crippen molar-refractivity contribution in [2.24, 2.45) is 0 Å². The standard InChI is InChI=1S/C7H6O/c8-6-7-4-2-1-3-5-7/h1-6H/i7+2. The van der Waals surface area contributed by atoms with Crippen LogP contribution in [0.3, 0.4) is 0 Å². The van der Waals surface area contributed by atoms with Gasteiger partial charge in [-0.2, -0.15) is 0 Å². The first-order valence-corrected chi connectivity index (χ1v) is 2.44. The average molecular weight is 108 g/mol. The molecule has 0 amide bonds. The molecule has 0 saturated heterocycles. The lowest BCUT2D eigenvalue weighted by Gasteiger charge is -1.81. The van der Waals surface area contributed by atoms with E-state index in [1.807, 2.05) is 18.2 Å². The number of rotatable bonds is 1. The quantitative estimate of drug-likeness (QED) is 0.498. The van der Waals surface area contributed by atoms with Gasteiger partial charge in [0, 0.05) is 5.56 Å². The van der Waals surface area contributed by atoms with Gasteiger partial charge < -0.3 is 0 Å². The highest BCUT2D eigenvalue weighted by molar-refractivity contribution is 5.74. The summed E-state index contributed by atoms with van der Waals surface area (Å²) < 4.78 is 0. The molecule has 1 nitrogen and oxygen atoms in total. The molecule has 0 bridgehead atoms. The van der Waals surface area contributed by atoms with Crippen LogP contribution in [0.2, 0.25) is 0 Å². The number of aldehydes is 1. The summed E-state index contributed by atoms with van der Waals surface area (Å²) in [4.78, 5) is 10.0. The van der Waals surface area contributed by atoms with Crippen molar-refractivity contribution in [2.45, 2.75) is 0 Å². The number of carbonyl (C=O) groups excluding carboxylic acids is 1. The molecule has 0 aliphatic heterocycles. The summed E-state index contributed by atoms with van der Waals surface area (Å²) in [6.45, 7) is 0. The zero-order chi connectivity index (χ0) is 5.82. The van der Waals surface area contributed by atoms with Crippen LogP contribution in [0.15, 0.2) is 30.3 Å². The summed E-state index contributed by atoms with van der Waals surface area (Å²) in [5.74, 6) is 0. The maximum absolute atomic E-state index is 10.0. The van der Waals surface area contributed by atoms with Gasteiger partial charge >= 0.3 is 0 Å². The van der Waals surface area contributed by atoms with Crippen molar-refractivity contribution >= 4 is 6.29 Å². The molecule has 1 rings (SSSR count). The molecule has 0 heterocycles. The molecule has 0 N–H and O–H groups in total. The van der Waals surface area contributed by atoms with Gasteiger partial charge in [0.25, 0.3) is 0 Å². The van der Waals surface area contributed by atoms with Crippen LogP contribution in [0.4, 0.5) is 0 Å². The van der Waals surface area contributed by atoms with Gasteiger partial charge in [0.15, 0.2) is 0 Å². The lowest BCUT2D eigenvalue weighted by atomic mass is 10.5. The van der Waals surface area contributed by atoms with Gasteiger partial charge in [-0.05, 0) is 0 Å². The van der Waals surface area contributed by atoms with E-state index in [0.717, 1.165) is 11.8 Å². The predicted molar refractivity (Wildman–Crippen MR) is 31.8 cm³/mol. The summed E-state index contributed by atoms with van der Waals surface area (Å²) in [5, 5.41) is 0. The smallest absolute Gasteiger partial charge is 0.150 e. The first-order chi connectivity index (χ1) is 3.93. The second-order valence-electron chi connectivity index (χ2n) is 1.53. The minimum absolute atomic E-state index is 0.729. The minimum atomic E-state index is 0.729. The van der Waals surface area contributed by atoms with E-state index in [4.69, 9.17) is 0 Å². The second-order valence-corrected chi connectivity index (χ2v) is 1.53. The highest BCUT2D eigenvalue weighted by atomic mass is 16.1. The Labute approximate surface area is 48.0 Å². The number of hydrogen-bond donors (Lipinski definition) is 0. The molecule has 0 spiro atoms. The lowest BCUT2D eigenvalue weighted by molar-refractivity contribution is 0.112. The molecule has 1 heteroatoms. The van der Waals surface area contributed by atoms with Crippen LogP contribution in [-0.4, -0.2) is 6.29 Å². The van der Waals surface area contributed by atoms with E-state index in [-0.39, 0.29) is 0 Å². The first kappa shape index (κ1) is 5.04. The van der Waals surface area contributed by atoms with Crippen molar-refractivity contribution < 1.29 is 4.79 Å². The molecule has 40 valence electrons. The van der Waals surface area contributed by atoms with E-state index in [2.05, 4.69) is 0 Å². The minimum Gasteiger partial charge on any atom is -0.298 e. The Hall–Kier alpha value is -1.11. The van der Waals surface area contributed by atoms with E-state index in [0.29, 0.717) is 0 Å². The molecule has 8 heavy (non-hydrogen) atoms. The zero-order valence-electron chi connectivity index (χ0n) is 4.37. The summed E-state index contributed by atoms with van der Waals surface area (Å²) in [5.41, 5.74) is 0.729. The van der Waals surface area contributed by atoms with Crippen LogP contribution in [0.1, 0.15) is 10.4 Å². The van der Waals surface area contributed by atoms with Gasteiger partial charge in [0.1, 0.15) is 6.29 Å². The van der Waals surface area contributed by atoms with Gasteiger partial charge in [0.05, 0.1) is 0 Å². The summed E-state index contributed by atoms with van der Waals surface area (Å²) in [6, 6.07) is 9.10. The van der Waals surface area contributed by atoms with Crippen LogP contribution >= 0.6 is 0 Å². The van der Waals surface area contributed by atoms with Gasteiger partial charge in [-0.15, -0.1) is 0 Å². The van der Waals surface area contributed by atoms with E-state index in [9.17, 15) is 4.79 Å². The molecule has 0 aliphatic rings. The lowest BCUT2D eigenvalue weighted by Crippen LogP contribution is -1.73. The average Bonchev–Trinajstić information content (AvgIpc) is 1.90. The molecule has 1 aromatic carbocycles. The number of hydrogen-bond acceptors (Lipinski definition) is 1. The van der Waals surface area contributed by atoms with E-state index in [1.165, 1.54) is 0 Å². The predicted octanol–water partition coefficient (Wildman–Crippen LogP) is 1.50. The fraction of sp³-hybridized carbons (Fsp3) is 0. The largest absolute Gasteiger partial charge is 0.298 e. The Morgan fingerprint density at radius 1 is 1.12 bits per heavy atom. The van der Waals surface area contributed by atoms with Crippen LogP contribution in [-0.2, 0) is 0 Å². The Balaban J connectivity index is 2.99.